The van der Waals surface area contributed by atoms with Crippen molar-refractivity contribution in [3.05, 3.63) is 45.3 Å². The molecule has 0 saturated heterocycles. The lowest BCUT2D eigenvalue weighted by Gasteiger charge is -2.16. The predicted molar refractivity (Wildman–Crippen MR) is 163 cm³/mol. The molecule has 2 aromatic carbocycles. The van der Waals surface area contributed by atoms with Crippen LogP contribution in [0.1, 0.15) is 53.9 Å². The molecule has 3 aromatic rings. The number of nitrogens with zero attached hydrogens (tertiary/aromatic N) is 1. The number of carbonyl (C=O) groups is 4. The molecule has 2 N–H and O–H groups in total. The van der Waals surface area contributed by atoms with Gasteiger partial charge < -0.3 is 34.1 Å². The second-order valence-corrected chi connectivity index (χ2v) is 12.1. The van der Waals surface area contributed by atoms with Gasteiger partial charge in [-0.1, -0.05) is 25.4 Å². The predicted octanol–water partition coefficient (Wildman–Crippen LogP) is 5.67. The lowest BCUT2D eigenvalue weighted by Crippen LogP contribution is -2.28. The third-order valence-electron chi connectivity index (χ3n) is 7.35. The highest BCUT2D eigenvalue weighted by Crippen LogP contribution is 2.44. The van der Waals surface area contributed by atoms with Crippen molar-refractivity contribution in [2.45, 2.75) is 46.2 Å². The van der Waals surface area contributed by atoms with Crippen LogP contribution in [0.25, 0.3) is 10.1 Å². The lowest BCUT2D eigenvalue weighted by atomic mass is 10.0. The average molecular weight is 648 g/mol. The number of rotatable bonds is 15. The number of carboxylic acids is 2. The van der Waals surface area contributed by atoms with E-state index >= 15 is 0 Å². The van der Waals surface area contributed by atoms with E-state index in [0.29, 0.717) is 62.5 Å². The van der Waals surface area contributed by atoms with Gasteiger partial charge in [-0.25, -0.2) is 0 Å². The second kappa shape index (κ2) is 14.2. The van der Waals surface area contributed by atoms with Crippen molar-refractivity contribution < 1.29 is 48.3 Å². The lowest BCUT2D eigenvalue weighted by molar-refractivity contribution is -0.145. The number of hydrogen-bond acceptors (Lipinski definition) is 9. The molecule has 4 rings (SSSR count). The molecular weight excluding hydrogens is 614 g/mol. The zero-order valence-corrected chi connectivity index (χ0v) is 26.4. The Hall–Kier alpha value is -4.03. The van der Waals surface area contributed by atoms with Crippen molar-refractivity contribution in [1.82, 2.24) is 4.90 Å². The van der Waals surface area contributed by atoms with Crippen LogP contribution < -0.4 is 18.9 Å². The number of halogens is 1. The molecule has 0 bridgehead atoms. The van der Waals surface area contributed by atoms with E-state index < -0.39 is 23.8 Å². The zero-order valence-electron chi connectivity index (χ0n) is 24.8. The van der Waals surface area contributed by atoms with E-state index in [4.69, 9.17) is 40.8 Å². The van der Waals surface area contributed by atoms with Crippen molar-refractivity contribution >= 4 is 56.7 Å². The molecule has 2 unspecified atom stereocenters. The molecule has 0 aliphatic carbocycles. The van der Waals surface area contributed by atoms with Gasteiger partial charge in [-0.3, -0.25) is 19.2 Å². The first-order valence-corrected chi connectivity index (χ1v) is 15.1. The number of ketones is 1. The number of thiophene rings is 1. The molecule has 1 amide bonds. The van der Waals surface area contributed by atoms with Crippen LogP contribution >= 0.6 is 22.9 Å². The number of carbonyl (C=O) groups excluding carboxylic acids is 2. The van der Waals surface area contributed by atoms with Gasteiger partial charge in [-0.2, -0.15) is 0 Å². The van der Waals surface area contributed by atoms with E-state index in [0.717, 1.165) is 11.1 Å². The number of ether oxygens (including phenoxy) is 4. The van der Waals surface area contributed by atoms with Crippen LogP contribution in [0.3, 0.4) is 0 Å². The molecule has 11 nitrogen and oxygen atoms in total. The third kappa shape index (κ3) is 7.36. The summed E-state index contributed by atoms with van der Waals surface area (Å²) in [4.78, 5) is 49.6. The summed E-state index contributed by atoms with van der Waals surface area (Å²) in [7, 11) is 3.02. The number of methoxy groups -OCH3 is 2. The summed E-state index contributed by atoms with van der Waals surface area (Å²) >= 11 is 7.89. The number of amides is 1. The normalized spacial score (nSPS) is 13.7. The van der Waals surface area contributed by atoms with Crippen LogP contribution in [0.15, 0.2) is 24.3 Å². The summed E-state index contributed by atoms with van der Waals surface area (Å²) in [5, 5.41) is 19.2. The minimum atomic E-state index is -1.03. The van der Waals surface area contributed by atoms with Gasteiger partial charge in [0.1, 0.15) is 0 Å². The van der Waals surface area contributed by atoms with Crippen molar-refractivity contribution in [2.24, 2.45) is 11.8 Å². The van der Waals surface area contributed by atoms with Gasteiger partial charge in [-0.05, 0) is 29.3 Å². The maximum atomic E-state index is 12.6. The highest BCUT2D eigenvalue weighted by Gasteiger charge is 2.28. The van der Waals surface area contributed by atoms with Crippen molar-refractivity contribution in [3.8, 4) is 23.0 Å². The maximum absolute atomic E-state index is 12.6. The summed E-state index contributed by atoms with van der Waals surface area (Å²) in [6.07, 6.45) is 0.303. The van der Waals surface area contributed by atoms with Gasteiger partial charge in [0, 0.05) is 48.5 Å². The maximum Gasteiger partial charge on any atom is 0.306 e. The van der Waals surface area contributed by atoms with Crippen LogP contribution in [0.2, 0.25) is 5.02 Å². The molecule has 2 heterocycles. The molecule has 1 aliphatic heterocycles. The van der Waals surface area contributed by atoms with Gasteiger partial charge in [0.25, 0.3) is 0 Å². The largest absolute Gasteiger partial charge is 0.493 e. The topological polar surface area (TPSA) is 149 Å². The molecule has 0 saturated carbocycles. The molecular formula is C31H34ClNO10S. The summed E-state index contributed by atoms with van der Waals surface area (Å²) in [6, 6.07) is 7.05. The zero-order chi connectivity index (χ0) is 32.1. The Balaban J connectivity index is 1.37. The fraction of sp³-hybridized carbons (Fsp3) is 0.419. The number of fused-ring (bicyclic) bond motifs is 2. The van der Waals surface area contributed by atoms with E-state index in [1.807, 2.05) is 12.1 Å². The third-order valence-corrected chi connectivity index (χ3v) is 8.84. The van der Waals surface area contributed by atoms with Crippen LogP contribution in [0.5, 0.6) is 23.0 Å². The summed E-state index contributed by atoms with van der Waals surface area (Å²) < 4.78 is 23.7. The molecule has 0 radical (unpaired) electrons. The van der Waals surface area contributed by atoms with E-state index in [1.165, 1.54) is 39.4 Å². The monoisotopic (exact) mass is 647 g/mol. The number of hydrogen-bond donors (Lipinski definition) is 2. The van der Waals surface area contributed by atoms with Crippen LogP contribution in [-0.4, -0.2) is 66.2 Å². The number of carboxylic acid groups (broad SMARTS) is 2. The highest BCUT2D eigenvalue weighted by molar-refractivity contribution is 7.21. The fourth-order valence-corrected chi connectivity index (χ4v) is 6.14. The minimum Gasteiger partial charge on any atom is -0.493 e. The second-order valence-electron chi connectivity index (χ2n) is 10.6. The smallest absolute Gasteiger partial charge is 0.306 e. The molecule has 0 fully saturated rings. The first-order chi connectivity index (χ1) is 20.9. The van der Waals surface area contributed by atoms with Gasteiger partial charge >= 0.3 is 11.9 Å². The summed E-state index contributed by atoms with van der Waals surface area (Å²) in [6.45, 7) is 4.26. The minimum absolute atomic E-state index is 0.0662. The summed E-state index contributed by atoms with van der Waals surface area (Å²) in [5.74, 6) is -2.32. The fourth-order valence-electron chi connectivity index (χ4n) is 4.74. The van der Waals surface area contributed by atoms with Gasteiger partial charge in [0.15, 0.2) is 28.8 Å². The van der Waals surface area contributed by atoms with Crippen LogP contribution in [0.4, 0.5) is 0 Å². The SMILES string of the molecule is COc1cc2c(cc1OCCCOc1c(OC)cc3sc(C(=O)CC(C)C(=O)O)cc3c1Cl)CN(C(=O)CC(C)C(=O)O)C2. The molecule has 1 aliphatic rings. The van der Waals surface area contributed by atoms with E-state index in [9.17, 15) is 19.2 Å². The first-order valence-electron chi connectivity index (χ1n) is 13.9. The molecule has 13 heteroatoms. The quantitative estimate of drug-likeness (QED) is 0.156. The number of Topliss-reactive ketones (excluding diaryl/α,β-unsaturated/α-hetero) is 1. The Bertz CT molecular complexity index is 1590. The van der Waals surface area contributed by atoms with Crippen LogP contribution in [0, 0.1) is 11.8 Å². The Morgan fingerprint density at radius 1 is 0.864 bits per heavy atom. The van der Waals surface area contributed by atoms with Crippen LogP contribution in [-0.2, 0) is 27.5 Å². The average Bonchev–Trinajstić information content (AvgIpc) is 3.61. The van der Waals surface area contributed by atoms with E-state index in [-0.39, 0.29) is 37.7 Å². The Morgan fingerprint density at radius 2 is 1.45 bits per heavy atom. The highest BCUT2D eigenvalue weighted by atomic mass is 35.5. The van der Waals surface area contributed by atoms with Gasteiger partial charge in [0.2, 0.25) is 5.91 Å². The van der Waals surface area contributed by atoms with Gasteiger partial charge in [0.05, 0.1) is 49.2 Å². The standard InChI is InChI=1S/C31H34ClNO10S/c1-16(30(36)37)8-21(34)26-12-20-25(44-26)13-24(41-4)29(28(20)32)43-7-5-6-42-23-11-19-15-33(14-18(19)10-22(23)40-3)27(35)9-17(2)31(38)39/h10-13,16-17H,5-9,14-15H2,1-4H3,(H,36,37)(H,38,39). The molecule has 44 heavy (non-hydrogen) atoms. The first kappa shape index (κ1) is 32.9. The molecule has 1 aromatic heterocycles. The number of aliphatic carboxylic acids is 2. The number of benzene rings is 2. The molecule has 0 spiro atoms. The van der Waals surface area contributed by atoms with Crippen molar-refractivity contribution in [2.75, 3.05) is 27.4 Å². The summed E-state index contributed by atoms with van der Waals surface area (Å²) in [5.41, 5.74) is 1.82. The van der Waals surface area contributed by atoms with E-state index in [2.05, 4.69) is 0 Å². The van der Waals surface area contributed by atoms with Gasteiger partial charge in [-0.15, -0.1) is 11.3 Å². The molecule has 2 atom stereocenters. The molecule has 236 valence electrons. The van der Waals surface area contributed by atoms with Crippen molar-refractivity contribution in [3.63, 3.8) is 0 Å². The Morgan fingerprint density at radius 3 is 2.07 bits per heavy atom. The van der Waals surface area contributed by atoms with E-state index in [1.54, 1.807) is 17.0 Å². The Kier molecular flexibility index (Phi) is 10.6. The van der Waals surface area contributed by atoms with Crippen molar-refractivity contribution in [1.29, 1.82) is 0 Å². The Labute approximate surface area is 263 Å².